The molecule has 2 aromatic carbocycles. The Bertz CT molecular complexity index is 1050. The van der Waals surface area contributed by atoms with E-state index < -0.39 is 0 Å². The predicted octanol–water partition coefficient (Wildman–Crippen LogP) is 3.79. The van der Waals surface area contributed by atoms with Crippen molar-refractivity contribution in [1.82, 2.24) is 14.7 Å². The van der Waals surface area contributed by atoms with Crippen molar-refractivity contribution in [3.05, 3.63) is 83.0 Å². The Labute approximate surface area is 182 Å². The monoisotopic (exact) mass is 416 g/mol. The van der Waals surface area contributed by atoms with Crippen molar-refractivity contribution in [3.8, 4) is 0 Å². The van der Waals surface area contributed by atoms with Gasteiger partial charge in [0, 0.05) is 25.6 Å². The van der Waals surface area contributed by atoms with Crippen LogP contribution in [0.3, 0.4) is 0 Å². The number of nitrogens with zero attached hydrogens (tertiary/aromatic N) is 3. The van der Waals surface area contributed by atoms with Gasteiger partial charge in [-0.15, -0.1) is 0 Å². The molecule has 1 fully saturated rings. The summed E-state index contributed by atoms with van der Waals surface area (Å²) in [5, 5.41) is 7.32. The number of amides is 2. The molecule has 0 bridgehead atoms. The fraction of sp³-hybridized carbons (Fsp3) is 0.320. The molecule has 1 aliphatic heterocycles. The molecule has 2 heterocycles. The summed E-state index contributed by atoms with van der Waals surface area (Å²) in [4.78, 5) is 27.1. The van der Waals surface area contributed by atoms with Crippen LogP contribution < -0.4 is 5.32 Å². The molecule has 2 amide bonds. The molecule has 6 heteroatoms. The lowest BCUT2D eigenvalue weighted by Gasteiger charge is -2.17. The fourth-order valence-corrected chi connectivity index (χ4v) is 3.86. The van der Waals surface area contributed by atoms with Crippen LogP contribution in [-0.2, 0) is 29.1 Å². The molecule has 160 valence electrons. The first-order valence-electron chi connectivity index (χ1n) is 10.8. The molecule has 4 rings (SSSR count). The fourth-order valence-electron chi connectivity index (χ4n) is 3.86. The molecular weight excluding hydrogens is 388 g/mol. The van der Waals surface area contributed by atoms with Gasteiger partial charge in [0.25, 0.3) is 0 Å². The van der Waals surface area contributed by atoms with Crippen molar-refractivity contribution >= 4 is 17.6 Å². The highest BCUT2D eigenvalue weighted by Crippen LogP contribution is 2.22. The Morgan fingerprint density at radius 2 is 1.65 bits per heavy atom. The van der Waals surface area contributed by atoms with Crippen LogP contribution in [0.2, 0.25) is 0 Å². The third-order valence-corrected chi connectivity index (χ3v) is 5.81. The number of hydrogen-bond acceptors (Lipinski definition) is 3. The average molecular weight is 417 g/mol. The van der Waals surface area contributed by atoms with E-state index in [9.17, 15) is 9.59 Å². The van der Waals surface area contributed by atoms with E-state index >= 15 is 0 Å². The minimum Gasteiger partial charge on any atom is -0.338 e. The number of carbonyl (C=O) groups excluding carboxylic acids is 2. The molecule has 1 saturated heterocycles. The third kappa shape index (κ3) is 5.02. The van der Waals surface area contributed by atoms with Gasteiger partial charge in [-0.3, -0.25) is 9.59 Å². The van der Waals surface area contributed by atoms with Gasteiger partial charge in [-0.05, 0) is 30.0 Å². The number of carbonyl (C=O) groups is 2. The van der Waals surface area contributed by atoms with Gasteiger partial charge in [-0.1, -0.05) is 61.0 Å². The molecule has 1 aromatic heterocycles. The summed E-state index contributed by atoms with van der Waals surface area (Å²) in [6.45, 7) is 5.72. The second-order valence-corrected chi connectivity index (χ2v) is 8.19. The van der Waals surface area contributed by atoms with Gasteiger partial charge in [0.05, 0.1) is 18.7 Å². The van der Waals surface area contributed by atoms with Crippen LogP contribution >= 0.6 is 0 Å². The van der Waals surface area contributed by atoms with E-state index in [1.807, 2.05) is 31.2 Å². The number of rotatable bonds is 7. The minimum absolute atomic E-state index is 0.0187. The van der Waals surface area contributed by atoms with Gasteiger partial charge in [0.15, 0.2) is 0 Å². The van der Waals surface area contributed by atoms with Crippen molar-refractivity contribution in [2.24, 2.45) is 5.92 Å². The maximum absolute atomic E-state index is 12.9. The van der Waals surface area contributed by atoms with Crippen LogP contribution in [0.15, 0.2) is 60.8 Å². The van der Waals surface area contributed by atoms with E-state index in [1.165, 1.54) is 11.1 Å². The van der Waals surface area contributed by atoms with Crippen molar-refractivity contribution < 1.29 is 9.59 Å². The van der Waals surface area contributed by atoms with Crippen LogP contribution in [0.1, 0.15) is 35.6 Å². The molecule has 31 heavy (non-hydrogen) atoms. The van der Waals surface area contributed by atoms with Crippen molar-refractivity contribution in [1.29, 1.82) is 0 Å². The summed E-state index contributed by atoms with van der Waals surface area (Å²) >= 11 is 0. The van der Waals surface area contributed by atoms with Crippen LogP contribution in [0.5, 0.6) is 0 Å². The van der Waals surface area contributed by atoms with Crippen LogP contribution in [0.25, 0.3) is 0 Å². The largest absolute Gasteiger partial charge is 0.338 e. The number of anilines is 1. The Morgan fingerprint density at radius 3 is 2.35 bits per heavy atom. The predicted molar refractivity (Wildman–Crippen MR) is 120 cm³/mol. The van der Waals surface area contributed by atoms with Gasteiger partial charge < -0.3 is 10.2 Å². The van der Waals surface area contributed by atoms with Gasteiger partial charge >= 0.3 is 0 Å². The third-order valence-electron chi connectivity index (χ3n) is 5.81. The maximum atomic E-state index is 12.9. The zero-order valence-electron chi connectivity index (χ0n) is 18.0. The number of nitrogens with one attached hydrogen (secondary N) is 1. The first-order chi connectivity index (χ1) is 15.0. The number of likely N-dealkylation sites (tertiary alicyclic amines) is 1. The van der Waals surface area contributed by atoms with Crippen molar-refractivity contribution in [2.75, 3.05) is 11.9 Å². The summed E-state index contributed by atoms with van der Waals surface area (Å²) in [6, 6.07) is 18.3. The number of benzene rings is 2. The zero-order valence-corrected chi connectivity index (χ0v) is 18.0. The standard InChI is InChI=1S/C25H28N4O2/c1-3-19-8-10-21(11-9-19)16-29-23(12-13-26-29)27-25(31)22-14-24(30)28(17-22)15-20-6-4-18(2)5-7-20/h4-13,22H,3,14-17H2,1-2H3,(H,27,31). The van der Waals surface area contributed by atoms with Gasteiger partial charge in [-0.2, -0.15) is 5.10 Å². The van der Waals surface area contributed by atoms with Crippen LogP contribution in [0.4, 0.5) is 5.82 Å². The molecule has 3 aromatic rings. The van der Waals surface area contributed by atoms with E-state index in [1.54, 1.807) is 21.8 Å². The Balaban J connectivity index is 1.37. The second-order valence-electron chi connectivity index (χ2n) is 8.19. The van der Waals surface area contributed by atoms with E-state index in [0.29, 0.717) is 25.5 Å². The normalized spacial score (nSPS) is 16.0. The molecule has 1 atom stereocenters. The highest BCUT2D eigenvalue weighted by Gasteiger charge is 2.34. The van der Waals surface area contributed by atoms with Crippen molar-refractivity contribution in [2.45, 2.75) is 39.8 Å². The van der Waals surface area contributed by atoms with E-state index in [4.69, 9.17) is 0 Å². The number of hydrogen-bond donors (Lipinski definition) is 1. The smallest absolute Gasteiger partial charge is 0.230 e. The zero-order chi connectivity index (χ0) is 21.8. The maximum Gasteiger partial charge on any atom is 0.230 e. The van der Waals surface area contributed by atoms with E-state index in [-0.39, 0.29) is 24.2 Å². The summed E-state index contributed by atoms with van der Waals surface area (Å²) in [6.07, 6.45) is 2.92. The minimum atomic E-state index is -0.356. The molecular formula is C25H28N4O2. The van der Waals surface area contributed by atoms with Crippen LogP contribution in [-0.4, -0.2) is 33.0 Å². The summed E-state index contributed by atoms with van der Waals surface area (Å²) in [5.74, 6) is 0.173. The van der Waals surface area contributed by atoms with E-state index in [0.717, 1.165) is 17.5 Å². The number of aryl methyl sites for hydroxylation is 2. The Kier molecular flexibility index (Phi) is 6.16. The van der Waals surface area contributed by atoms with Gasteiger partial charge in [-0.25, -0.2) is 4.68 Å². The molecule has 1 unspecified atom stereocenters. The Hall–Kier alpha value is -3.41. The SMILES string of the molecule is CCc1ccc(Cn2nccc2NC(=O)C2CC(=O)N(Cc3ccc(C)cc3)C2)cc1. The lowest BCUT2D eigenvalue weighted by Crippen LogP contribution is -2.28. The highest BCUT2D eigenvalue weighted by atomic mass is 16.2. The average Bonchev–Trinajstić information content (AvgIpc) is 3.36. The molecule has 1 N–H and O–H groups in total. The van der Waals surface area contributed by atoms with Crippen molar-refractivity contribution in [3.63, 3.8) is 0 Å². The second kappa shape index (κ2) is 9.16. The molecule has 0 aliphatic carbocycles. The summed E-state index contributed by atoms with van der Waals surface area (Å²) < 4.78 is 1.78. The molecule has 0 radical (unpaired) electrons. The molecule has 6 nitrogen and oxygen atoms in total. The van der Waals surface area contributed by atoms with E-state index in [2.05, 4.69) is 41.6 Å². The highest BCUT2D eigenvalue weighted by molar-refractivity contribution is 5.96. The summed E-state index contributed by atoms with van der Waals surface area (Å²) in [5.41, 5.74) is 4.68. The molecule has 0 spiro atoms. The quantitative estimate of drug-likeness (QED) is 0.637. The van der Waals surface area contributed by atoms with Gasteiger partial charge in [0.2, 0.25) is 11.8 Å². The lowest BCUT2D eigenvalue weighted by molar-refractivity contribution is -0.128. The van der Waals surface area contributed by atoms with Crippen LogP contribution in [0, 0.1) is 12.8 Å². The first kappa shape index (κ1) is 20.8. The van der Waals surface area contributed by atoms with Gasteiger partial charge in [0.1, 0.15) is 5.82 Å². The Morgan fingerprint density at radius 1 is 1.00 bits per heavy atom. The number of aromatic nitrogens is 2. The lowest BCUT2D eigenvalue weighted by atomic mass is 10.1. The molecule has 1 aliphatic rings. The first-order valence-corrected chi connectivity index (χ1v) is 10.8. The summed E-state index contributed by atoms with van der Waals surface area (Å²) in [7, 11) is 0. The molecule has 0 saturated carbocycles. The topological polar surface area (TPSA) is 67.2 Å².